The van der Waals surface area contributed by atoms with Crippen molar-refractivity contribution in [1.82, 2.24) is 5.17 Å². The third-order valence-electron chi connectivity index (χ3n) is 1.46. The summed E-state index contributed by atoms with van der Waals surface area (Å²) in [5, 5.41) is 9.23. The molecule has 6 nitrogen and oxygen atoms in total. The van der Waals surface area contributed by atoms with E-state index in [0.717, 1.165) is 5.56 Å². The van der Waals surface area contributed by atoms with E-state index < -0.39 is 5.03 Å². The van der Waals surface area contributed by atoms with Crippen molar-refractivity contribution in [3.63, 3.8) is 0 Å². The van der Waals surface area contributed by atoms with Crippen LogP contribution in [0.3, 0.4) is 0 Å². The minimum absolute atomic E-state index is 0.00292. The lowest BCUT2D eigenvalue weighted by Crippen LogP contribution is -2.28. The Morgan fingerprint density at radius 3 is 2.57 bits per heavy atom. The number of carbonyl (C=O) groups excluding carboxylic acids is 1. The average molecular weight is 196 g/mol. The number of amides is 1. The van der Waals surface area contributed by atoms with Crippen molar-refractivity contribution in [3.05, 3.63) is 46.0 Å². The lowest BCUT2D eigenvalue weighted by Gasteiger charge is -2.05. The average Bonchev–Trinajstić information content (AvgIpc) is 2.20. The molecule has 0 N–H and O–H groups in total. The summed E-state index contributed by atoms with van der Waals surface area (Å²) in [5.74, 6) is 0. The van der Waals surface area contributed by atoms with Crippen molar-refractivity contribution >= 4 is 6.41 Å². The molecule has 0 saturated heterocycles. The van der Waals surface area contributed by atoms with Crippen LogP contribution in [0.4, 0.5) is 0 Å². The zero-order valence-electron chi connectivity index (χ0n) is 7.20. The largest absolute Gasteiger partial charge is 0.304 e. The quantitative estimate of drug-likeness (QED) is 0.396. The second-order valence-electron chi connectivity index (χ2n) is 2.40. The number of nitro groups is 1. The smallest absolute Gasteiger partial charge is 0.269 e. The summed E-state index contributed by atoms with van der Waals surface area (Å²) in [6.07, 6.45) is 0.00292. The Morgan fingerprint density at radius 2 is 2.07 bits per heavy atom. The number of rotatable bonds is 5. The molecule has 0 atom stereocenters. The van der Waals surface area contributed by atoms with Gasteiger partial charge in [0.1, 0.15) is 6.61 Å². The van der Waals surface area contributed by atoms with Gasteiger partial charge in [0.15, 0.2) is 5.03 Å². The van der Waals surface area contributed by atoms with Crippen LogP contribution in [0.5, 0.6) is 0 Å². The maximum absolute atomic E-state index is 10.1. The predicted octanol–water partition coefficient (Wildman–Crippen LogP) is 0.768. The zero-order chi connectivity index (χ0) is 10.4. The zero-order valence-corrected chi connectivity index (χ0v) is 7.20. The number of carbonyl (C=O) groups is 1. The molecule has 0 aliphatic rings. The first-order valence-corrected chi connectivity index (χ1v) is 3.79. The molecular formula is C8H8N2O4. The molecule has 0 fully saturated rings. The van der Waals surface area contributed by atoms with Crippen LogP contribution in [-0.2, 0) is 16.2 Å². The van der Waals surface area contributed by atoms with Gasteiger partial charge in [-0.1, -0.05) is 30.3 Å². The van der Waals surface area contributed by atoms with Crippen LogP contribution in [0.15, 0.2) is 30.3 Å². The number of hydrogen-bond donors (Lipinski definition) is 0. The van der Waals surface area contributed by atoms with Gasteiger partial charge in [-0.05, 0) is 5.56 Å². The maximum Gasteiger partial charge on any atom is 0.304 e. The first-order chi connectivity index (χ1) is 6.74. The van der Waals surface area contributed by atoms with Gasteiger partial charge in [-0.2, -0.15) is 0 Å². The molecule has 1 aromatic carbocycles. The molecule has 0 aliphatic carbocycles. The third kappa shape index (κ3) is 2.83. The molecule has 0 bridgehead atoms. The summed E-state index contributed by atoms with van der Waals surface area (Å²) in [4.78, 5) is 24.9. The van der Waals surface area contributed by atoms with E-state index in [9.17, 15) is 14.9 Å². The normalized spacial score (nSPS) is 9.43. The van der Waals surface area contributed by atoms with Gasteiger partial charge >= 0.3 is 6.41 Å². The van der Waals surface area contributed by atoms with Gasteiger partial charge in [0.25, 0.3) is 0 Å². The van der Waals surface area contributed by atoms with Gasteiger partial charge in [-0.15, -0.1) is 0 Å². The summed E-state index contributed by atoms with van der Waals surface area (Å²) in [6.45, 7) is -0.0133. The Bertz CT molecular complexity index is 314. The molecule has 0 radical (unpaired) electrons. The van der Waals surface area contributed by atoms with Crippen LogP contribution in [0.2, 0.25) is 0 Å². The second kappa shape index (κ2) is 4.93. The van der Waals surface area contributed by atoms with E-state index in [1.54, 1.807) is 24.3 Å². The molecule has 0 heterocycles. The molecule has 14 heavy (non-hydrogen) atoms. The van der Waals surface area contributed by atoms with Crippen LogP contribution >= 0.6 is 0 Å². The summed E-state index contributed by atoms with van der Waals surface area (Å²) in [6, 6.07) is 8.84. The van der Waals surface area contributed by atoms with E-state index in [4.69, 9.17) is 0 Å². The van der Waals surface area contributed by atoms with Crippen molar-refractivity contribution in [2.45, 2.75) is 6.61 Å². The topological polar surface area (TPSA) is 72.7 Å². The van der Waals surface area contributed by atoms with E-state index in [1.807, 2.05) is 6.07 Å². The van der Waals surface area contributed by atoms with E-state index in [2.05, 4.69) is 4.84 Å². The molecule has 0 spiro atoms. The first kappa shape index (κ1) is 10.1. The second-order valence-corrected chi connectivity index (χ2v) is 2.40. The van der Waals surface area contributed by atoms with Gasteiger partial charge in [0.2, 0.25) is 0 Å². The lowest BCUT2D eigenvalue weighted by atomic mass is 10.2. The van der Waals surface area contributed by atoms with E-state index >= 15 is 0 Å². The van der Waals surface area contributed by atoms with Gasteiger partial charge < -0.3 is 0 Å². The van der Waals surface area contributed by atoms with Gasteiger partial charge in [-0.25, -0.2) is 15.0 Å². The van der Waals surface area contributed by atoms with Crippen LogP contribution in [0.1, 0.15) is 5.56 Å². The van der Waals surface area contributed by atoms with Crippen molar-refractivity contribution in [2.24, 2.45) is 0 Å². The molecule has 6 heteroatoms. The molecule has 1 amide bonds. The molecule has 1 rings (SSSR count). The molecule has 0 aromatic heterocycles. The lowest BCUT2D eigenvalue weighted by molar-refractivity contribution is -0.709. The monoisotopic (exact) mass is 196 g/mol. The van der Waals surface area contributed by atoms with Gasteiger partial charge in [0.05, 0.1) is 5.17 Å². The van der Waals surface area contributed by atoms with Crippen LogP contribution in [-0.4, -0.2) is 16.6 Å². The summed E-state index contributed by atoms with van der Waals surface area (Å²) in [7, 11) is 0. The molecule has 74 valence electrons. The Kier molecular flexibility index (Phi) is 3.57. The fraction of sp³-hybridized carbons (Fsp3) is 0.125. The van der Waals surface area contributed by atoms with Crippen molar-refractivity contribution in [2.75, 3.05) is 0 Å². The first-order valence-electron chi connectivity index (χ1n) is 3.79. The van der Waals surface area contributed by atoms with Crippen molar-refractivity contribution < 1.29 is 14.7 Å². The minimum atomic E-state index is -0.935. The van der Waals surface area contributed by atoms with Crippen molar-refractivity contribution in [3.8, 4) is 0 Å². The molecule has 0 aliphatic heterocycles. The van der Waals surface area contributed by atoms with E-state index in [1.165, 1.54) is 0 Å². The summed E-state index contributed by atoms with van der Waals surface area (Å²) < 4.78 is 0. The Hall–Kier alpha value is -1.95. The summed E-state index contributed by atoms with van der Waals surface area (Å²) >= 11 is 0. The Labute approximate surface area is 79.8 Å². The fourth-order valence-corrected chi connectivity index (χ4v) is 0.831. The highest BCUT2D eigenvalue weighted by Crippen LogP contribution is 2.01. The van der Waals surface area contributed by atoms with Gasteiger partial charge in [-0.3, -0.25) is 4.79 Å². The number of hydroxylamine groups is 1. The SMILES string of the molecule is O=CN(OCc1ccccc1)[N+](=O)[O-]. The molecule has 0 saturated carbocycles. The number of benzene rings is 1. The number of nitrogens with zero attached hydrogens (tertiary/aromatic N) is 2. The molecular weight excluding hydrogens is 188 g/mol. The Morgan fingerprint density at radius 1 is 1.43 bits per heavy atom. The highest BCUT2D eigenvalue weighted by atomic mass is 16.8. The molecule has 0 unspecified atom stereocenters. The standard InChI is InChI=1S/C8H8N2O4/c11-7-9(10(12)13)14-6-8-4-2-1-3-5-8/h1-5,7H,6H2. The van der Waals surface area contributed by atoms with Gasteiger partial charge in [0, 0.05) is 0 Å². The summed E-state index contributed by atoms with van der Waals surface area (Å²) in [5.41, 5.74) is 0.751. The maximum atomic E-state index is 10.1. The highest BCUT2D eigenvalue weighted by Gasteiger charge is 2.13. The third-order valence-corrected chi connectivity index (χ3v) is 1.46. The predicted molar refractivity (Wildman–Crippen MR) is 46.1 cm³/mol. The number of hydrazine groups is 1. The van der Waals surface area contributed by atoms with Crippen molar-refractivity contribution in [1.29, 1.82) is 0 Å². The van der Waals surface area contributed by atoms with Crippen LogP contribution < -0.4 is 0 Å². The van der Waals surface area contributed by atoms with E-state index in [-0.39, 0.29) is 18.2 Å². The Balaban J connectivity index is 2.47. The number of hydrogen-bond acceptors (Lipinski definition) is 4. The molecule has 1 aromatic rings. The fourth-order valence-electron chi connectivity index (χ4n) is 0.831. The minimum Gasteiger partial charge on any atom is -0.269 e. The highest BCUT2D eigenvalue weighted by molar-refractivity contribution is 5.42. The van der Waals surface area contributed by atoms with E-state index in [0.29, 0.717) is 0 Å². The van der Waals surface area contributed by atoms with Crippen LogP contribution in [0.25, 0.3) is 0 Å². The van der Waals surface area contributed by atoms with Crippen LogP contribution in [0, 0.1) is 10.1 Å².